The Labute approximate surface area is 163 Å². The number of aryl methyl sites for hydroxylation is 1. The topological polar surface area (TPSA) is 75.7 Å². The first-order valence-corrected chi connectivity index (χ1v) is 10.2. The Bertz CT molecular complexity index is 982. The zero-order valence-corrected chi connectivity index (χ0v) is 16.2. The van der Waals surface area contributed by atoms with Crippen molar-refractivity contribution >= 4 is 27.7 Å². The number of carbonyl (C=O) groups is 1. The second-order valence-corrected chi connectivity index (χ2v) is 8.28. The molecule has 6 nitrogen and oxygen atoms in total. The molecule has 1 aliphatic rings. The van der Waals surface area contributed by atoms with Gasteiger partial charge < -0.3 is 10.1 Å². The fourth-order valence-electron chi connectivity index (χ4n) is 2.81. The van der Waals surface area contributed by atoms with Crippen molar-refractivity contribution in [1.82, 2.24) is 4.31 Å². The molecule has 1 N–H and O–H groups in total. The molecular weight excluding hydrogens is 383 g/mol. The zero-order chi connectivity index (χ0) is 20.1. The summed E-state index contributed by atoms with van der Waals surface area (Å²) in [5, 5.41) is 2.66. The van der Waals surface area contributed by atoms with E-state index in [-0.39, 0.29) is 10.7 Å². The minimum Gasteiger partial charge on any atom is -0.379 e. The molecule has 0 saturated carbocycles. The summed E-state index contributed by atoms with van der Waals surface area (Å²) < 4.78 is 45.3. The number of nitrogens with one attached hydrogen (secondary N) is 1. The number of amides is 1. The number of hydrogen-bond donors (Lipinski definition) is 1. The number of halogens is 1. The maximum atomic E-state index is 12.9. The second-order valence-electron chi connectivity index (χ2n) is 6.37. The number of rotatable bonds is 5. The molecular formula is C20H21FN2O4S. The van der Waals surface area contributed by atoms with E-state index in [2.05, 4.69) is 5.32 Å². The van der Waals surface area contributed by atoms with Crippen LogP contribution in [0.2, 0.25) is 0 Å². The molecule has 3 rings (SSSR count). The van der Waals surface area contributed by atoms with Gasteiger partial charge in [-0.15, -0.1) is 0 Å². The standard InChI is InChI=1S/C20H21FN2O4S/c1-15-2-8-18(14-19(15)28(25,26)23-10-12-27-13-11-23)22-20(24)9-5-16-3-6-17(21)7-4-16/h2-9,14H,10-13H2,1H3,(H,22,24)/b9-5+. The molecule has 1 fully saturated rings. The van der Waals surface area contributed by atoms with Crippen LogP contribution in [0, 0.1) is 12.7 Å². The Morgan fingerprint density at radius 3 is 2.50 bits per heavy atom. The van der Waals surface area contributed by atoms with Crippen molar-refractivity contribution in [2.75, 3.05) is 31.6 Å². The van der Waals surface area contributed by atoms with Gasteiger partial charge in [0, 0.05) is 24.9 Å². The van der Waals surface area contributed by atoms with Gasteiger partial charge in [0.1, 0.15) is 5.82 Å². The fourth-order valence-corrected chi connectivity index (χ4v) is 4.47. The highest BCUT2D eigenvalue weighted by Gasteiger charge is 2.28. The largest absolute Gasteiger partial charge is 0.379 e. The van der Waals surface area contributed by atoms with Crippen molar-refractivity contribution in [3.05, 3.63) is 65.5 Å². The third-order valence-electron chi connectivity index (χ3n) is 4.34. The number of carbonyl (C=O) groups excluding carboxylic acids is 1. The third kappa shape index (κ3) is 4.83. The van der Waals surface area contributed by atoms with Crippen LogP contribution in [0.3, 0.4) is 0 Å². The van der Waals surface area contributed by atoms with E-state index in [1.807, 2.05) is 0 Å². The molecule has 1 heterocycles. The van der Waals surface area contributed by atoms with E-state index in [4.69, 9.17) is 4.74 Å². The van der Waals surface area contributed by atoms with Crippen LogP contribution in [0.25, 0.3) is 6.08 Å². The van der Waals surface area contributed by atoms with Gasteiger partial charge in [0.05, 0.1) is 18.1 Å². The van der Waals surface area contributed by atoms with E-state index in [0.717, 1.165) is 0 Å². The summed E-state index contributed by atoms with van der Waals surface area (Å²) in [6.07, 6.45) is 2.86. The van der Waals surface area contributed by atoms with Crippen molar-refractivity contribution in [3.8, 4) is 0 Å². The van der Waals surface area contributed by atoms with E-state index in [0.29, 0.717) is 43.1 Å². The van der Waals surface area contributed by atoms with Crippen LogP contribution in [0.4, 0.5) is 10.1 Å². The lowest BCUT2D eigenvalue weighted by molar-refractivity contribution is -0.111. The number of nitrogens with zero attached hydrogens (tertiary/aromatic N) is 1. The van der Waals surface area contributed by atoms with Crippen LogP contribution in [-0.4, -0.2) is 44.9 Å². The van der Waals surface area contributed by atoms with Gasteiger partial charge in [-0.1, -0.05) is 18.2 Å². The summed E-state index contributed by atoms with van der Waals surface area (Å²) in [6, 6.07) is 10.5. The SMILES string of the molecule is Cc1ccc(NC(=O)/C=C/c2ccc(F)cc2)cc1S(=O)(=O)N1CCOCC1. The summed E-state index contributed by atoms with van der Waals surface area (Å²) in [4.78, 5) is 12.3. The van der Waals surface area contributed by atoms with Crippen LogP contribution in [0.15, 0.2) is 53.4 Å². The molecule has 0 radical (unpaired) electrons. The number of anilines is 1. The lowest BCUT2D eigenvalue weighted by Crippen LogP contribution is -2.40. The van der Waals surface area contributed by atoms with E-state index in [9.17, 15) is 17.6 Å². The maximum absolute atomic E-state index is 12.9. The maximum Gasteiger partial charge on any atom is 0.248 e. The molecule has 1 saturated heterocycles. The van der Waals surface area contributed by atoms with Gasteiger partial charge >= 0.3 is 0 Å². The third-order valence-corrected chi connectivity index (χ3v) is 6.38. The Hall–Kier alpha value is -2.55. The van der Waals surface area contributed by atoms with E-state index < -0.39 is 15.9 Å². The average molecular weight is 404 g/mol. The molecule has 2 aromatic rings. The Morgan fingerprint density at radius 2 is 1.82 bits per heavy atom. The number of benzene rings is 2. The smallest absolute Gasteiger partial charge is 0.248 e. The van der Waals surface area contributed by atoms with E-state index in [1.54, 1.807) is 37.3 Å². The van der Waals surface area contributed by atoms with Crippen molar-refractivity contribution in [1.29, 1.82) is 0 Å². The van der Waals surface area contributed by atoms with Gasteiger partial charge in [-0.05, 0) is 48.4 Å². The van der Waals surface area contributed by atoms with Crippen molar-refractivity contribution in [3.63, 3.8) is 0 Å². The lowest BCUT2D eigenvalue weighted by Gasteiger charge is -2.26. The summed E-state index contributed by atoms with van der Waals surface area (Å²) in [7, 11) is -3.66. The first kappa shape index (κ1) is 20.2. The molecule has 0 aliphatic carbocycles. The molecule has 28 heavy (non-hydrogen) atoms. The van der Waals surface area contributed by atoms with Gasteiger partial charge in [0.2, 0.25) is 15.9 Å². The van der Waals surface area contributed by atoms with Crippen molar-refractivity contribution < 1.29 is 22.3 Å². The average Bonchev–Trinajstić information content (AvgIpc) is 2.69. The van der Waals surface area contributed by atoms with Gasteiger partial charge in [-0.25, -0.2) is 12.8 Å². The Morgan fingerprint density at radius 1 is 1.14 bits per heavy atom. The van der Waals surface area contributed by atoms with Gasteiger partial charge in [-0.3, -0.25) is 4.79 Å². The van der Waals surface area contributed by atoms with Crippen molar-refractivity contribution in [2.24, 2.45) is 0 Å². The normalized spacial score (nSPS) is 15.6. The zero-order valence-electron chi connectivity index (χ0n) is 15.4. The Balaban J connectivity index is 1.75. The molecule has 0 atom stereocenters. The highest BCUT2D eigenvalue weighted by Crippen LogP contribution is 2.24. The predicted octanol–water partition coefficient (Wildman–Crippen LogP) is 2.81. The molecule has 148 valence electrons. The number of morpholine rings is 1. The molecule has 0 unspecified atom stereocenters. The Kier molecular flexibility index (Phi) is 6.23. The van der Waals surface area contributed by atoms with Crippen LogP contribution >= 0.6 is 0 Å². The molecule has 2 aromatic carbocycles. The molecule has 0 aromatic heterocycles. The summed E-state index contributed by atoms with van der Waals surface area (Å²) in [5.74, 6) is -0.766. The molecule has 0 bridgehead atoms. The predicted molar refractivity (Wildman–Crippen MR) is 105 cm³/mol. The fraction of sp³-hybridized carbons (Fsp3) is 0.250. The van der Waals surface area contributed by atoms with Crippen LogP contribution < -0.4 is 5.32 Å². The van der Waals surface area contributed by atoms with E-state index in [1.165, 1.54) is 28.6 Å². The van der Waals surface area contributed by atoms with E-state index >= 15 is 0 Å². The molecule has 0 spiro atoms. The monoisotopic (exact) mass is 404 g/mol. The minimum absolute atomic E-state index is 0.162. The molecule has 8 heteroatoms. The van der Waals surface area contributed by atoms with Crippen LogP contribution in [0.1, 0.15) is 11.1 Å². The van der Waals surface area contributed by atoms with Gasteiger partial charge in [0.25, 0.3) is 0 Å². The number of sulfonamides is 1. The number of hydrogen-bond acceptors (Lipinski definition) is 4. The molecule has 1 aliphatic heterocycles. The summed E-state index contributed by atoms with van der Waals surface area (Å²) >= 11 is 0. The van der Waals surface area contributed by atoms with Crippen LogP contribution in [-0.2, 0) is 19.6 Å². The quantitative estimate of drug-likeness (QED) is 0.778. The van der Waals surface area contributed by atoms with Crippen LogP contribution in [0.5, 0.6) is 0 Å². The lowest BCUT2D eigenvalue weighted by atomic mass is 10.2. The first-order valence-electron chi connectivity index (χ1n) is 8.79. The number of ether oxygens (including phenoxy) is 1. The van der Waals surface area contributed by atoms with Gasteiger partial charge in [-0.2, -0.15) is 4.31 Å². The van der Waals surface area contributed by atoms with Gasteiger partial charge in [0.15, 0.2) is 0 Å². The first-order chi connectivity index (χ1) is 13.4. The summed E-state index contributed by atoms with van der Waals surface area (Å²) in [5.41, 5.74) is 1.66. The highest BCUT2D eigenvalue weighted by atomic mass is 32.2. The highest BCUT2D eigenvalue weighted by molar-refractivity contribution is 7.89. The second kappa shape index (κ2) is 8.64. The van der Waals surface area contributed by atoms with Crippen molar-refractivity contribution in [2.45, 2.75) is 11.8 Å². The molecule has 1 amide bonds. The summed E-state index contributed by atoms with van der Waals surface area (Å²) in [6.45, 7) is 3.05. The minimum atomic E-state index is -3.66.